The van der Waals surface area contributed by atoms with Gasteiger partial charge in [-0.15, -0.1) is 0 Å². The van der Waals surface area contributed by atoms with Crippen LogP contribution in [0.1, 0.15) is 33.6 Å². The monoisotopic (exact) mass is 294 g/mol. The highest BCUT2D eigenvalue weighted by Gasteiger charge is 2.16. The van der Waals surface area contributed by atoms with Gasteiger partial charge in [0.05, 0.1) is 13.2 Å². The zero-order valence-electron chi connectivity index (χ0n) is 13.2. The first-order chi connectivity index (χ1) is 10.0. The molecule has 0 bridgehead atoms. The van der Waals surface area contributed by atoms with Gasteiger partial charge >= 0.3 is 0 Å². The van der Waals surface area contributed by atoms with Gasteiger partial charge in [-0.05, 0) is 25.7 Å². The summed E-state index contributed by atoms with van der Waals surface area (Å²) in [5.41, 5.74) is 5.80. The van der Waals surface area contributed by atoms with Crippen molar-refractivity contribution in [1.29, 1.82) is 0 Å². The molecule has 0 aliphatic carbocycles. The lowest BCUT2D eigenvalue weighted by Crippen LogP contribution is -2.37. The Morgan fingerprint density at radius 2 is 1.86 bits per heavy atom. The van der Waals surface area contributed by atoms with Crippen molar-refractivity contribution in [2.75, 3.05) is 42.3 Å². The molecule has 1 aliphatic heterocycles. The van der Waals surface area contributed by atoms with Crippen LogP contribution in [0.25, 0.3) is 0 Å². The molecule has 7 heteroatoms. The molecule has 1 aromatic heterocycles. The average Bonchev–Trinajstić information content (AvgIpc) is 2.45. The highest BCUT2D eigenvalue weighted by Crippen LogP contribution is 2.15. The van der Waals surface area contributed by atoms with E-state index in [1.807, 2.05) is 0 Å². The van der Waals surface area contributed by atoms with Gasteiger partial charge in [0.25, 0.3) is 0 Å². The first kappa shape index (κ1) is 15.8. The molecule has 1 atom stereocenters. The zero-order chi connectivity index (χ0) is 15.2. The molecule has 3 N–H and O–H groups in total. The van der Waals surface area contributed by atoms with Gasteiger partial charge in [-0.2, -0.15) is 15.0 Å². The van der Waals surface area contributed by atoms with Crippen LogP contribution >= 0.6 is 0 Å². The van der Waals surface area contributed by atoms with Crippen LogP contribution in [0.15, 0.2) is 0 Å². The Bertz CT molecular complexity index is 447. The molecule has 118 valence electrons. The largest absolute Gasteiger partial charge is 0.378 e. The number of nitrogens with two attached hydrogens (primary N) is 1. The Morgan fingerprint density at radius 3 is 2.52 bits per heavy atom. The summed E-state index contributed by atoms with van der Waals surface area (Å²) in [7, 11) is 0. The minimum Gasteiger partial charge on any atom is -0.378 e. The number of rotatable bonds is 6. The normalized spacial score (nSPS) is 17.0. The fourth-order valence-corrected chi connectivity index (χ4v) is 2.23. The van der Waals surface area contributed by atoms with E-state index in [-0.39, 0.29) is 5.95 Å². The van der Waals surface area contributed by atoms with E-state index in [4.69, 9.17) is 10.5 Å². The highest BCUT2D eigenvalue weighted by atomic mass is 16.5. The molecule has 0 spiro atoms. The van der Waals surface area contributed by atoms with Gasteiger partial charge in [-0.1, -0.05) is 13.8 Å². The van der Waals surface area contributed by atoms with Crippen molar-refractivity contribution < 1.29 is 4.74 Å². The predicted molar refractivity (Wildman–Crippen MR) is 84.4 cm³/mol. The molecule has 7 nitrogen and oxygen atoms in total. The van der Waals surface area contributed by atoms with Crippen LogP contribution in [0.3, 0.4) is 0 Å². The first-order valence-electron chi connectivity index (χ1n) is 7.65. The maximum Gasteiger partial charge on any atom is 0.232 e. The van der Waals surface area contributed by atoms with Crippen LogP contribution in [0.2, 0.25) is 0 Å². The summed E-state index contributed by atoms with van der Waals surface area (Å²) in [6.45, 7) is 9.54. The van der Waals surface area contributed by atoms with E-state index in [0.717, 1.165) is 19.5 Å². The Hall–Kier alpha value is -1.63. The Morgan fingerprint density at radius 1 is 1.14 bits per heavy atom. The van der Waals surface area contributed by atoms with Crippen LogP contribution < -0.4 is 16.0 Å². The minimum atomic E-state index is 0.255. The van der Waals surface area contributed by atoms with E-state index >= 15 is 0 Å². The van der Waals surface area contributed by atoms with Crippen LogP contribution in [-0.2, 0) is 4.74 Å². The number of hydrogen-bond donors (Lipinski definition) is 2. The third kappa shape index (κ3) is 5.00. The Labute approximate surface area is 126 Å². The van der Waals surface area contributed by atoms with Gasteiger partial charge in [-0.25, -0.2) is 0 Å². The third-order valence-corrected chi connectivity index (χ3v) is 3.49. The van der Waals surface area contributed by atoms with E-state index in [0.29, 0.717) is 37.1 Å². The number of ether oxygens (including phenoxy) is 1. The standard InChI is InChI=1S/C14H26N6O/c1-10(2)4-5-11(3)16-13-17-12(15)18-14(19-13)20-6-8-21-9-7-20/h10-11H,4-9H2,1-3H3,(H3,15,16,17,18,19). The second-order valence-electron chi connectivity index (χ2n) is 5.93. The average molecular weight is 294 g/mol. The van der Waals surface area contributed by atoms with Crippen molar-refractivity contribution in [3.63, 3.8) is 0 Å². The minimum absolute atomic E-state index is 0.255. The van der Waals surface area contributed by atoms with E-state index < -0.39 is 0 Å². The summed E-state index contributed by atoms with van der Waals surface area (Å²) < 4.78 is 5.34. The summed E-state index contributed by atoms with van der Waals surface area (Å²) in [5.74, 6) is 2.14. The number of aromatic nitrogens is 3. The molecular formula is C14H26N6O. The lowest BCUT2D eigenvalue weighted by molar-refractivity contribution is 0.122. The summed E-state index contributed by atoms with van der Waals surface area (Å²) in [5, 5.41) is 3.32. The summed E-state index contributed by atoms with van der Waals surface area (Å²) in [6.07, 6.45) is 2.25. The molecule has 0 radical (unpaired) electrons. The third-order valence-electron chi connectivity index (χ3n) is 3.49. The fraction of sp³-hybridized carbons (Fsp3) is 0.786. The van der Waals surface area contributed by atoms with Crippen LogP contribution in [0.4, 0.5) is 17.8 Å². The molecule has 21 heavy (non-hydrogen) atoms. The molecule has 2 rings (SSSR count). The van der Waals surface area contributed by atoms with Crippen molar-refractivity contribution in [1.82, 2.24) is 15.0 Å². The predicted octanol–water partition coefficient (Wildman–Crippen LogP) is 1.53. The maximum atomic E-state index is 5.80. The fourth-order valence-electron chi connectivity index (χ4n) is 2.23. The van der Waals surface area contributed by atoms with E-state index in [2.05, 4.69) is 45.9 Å². The molecule has 1 aromatic rings. The molecule has 0 saturated carbocycles. The van der Waals surface area contributed by atoms with Gasteiger partial charge in [-0.3, -0.25) is 0 Å². The summed E-state index contributed by atoms with van der Waals surface area (Å²) in [6, 6.07) is 0.312. The van der Waals surface area contributed by atoms with Crippen LogP contribution in [-0.4, -0.2) is 47.3 Å². The number of nitrogens with zero attached hydrogens (tertiary/aromatic N) is 4. The lowest BCUT2D eigenvalue weighted by Gasteiger charge is -2.27. The van der Waals surface area contributed by atoms with Crippen molar-refractivity contribution in [3.8, 4) is 0 Å². The number of nitrogens with one attached hydrogen (secondary N) is 1. The second-order valence-corrected chi connectivity index (χ2v) is 5.93. The molecule has 1 fully saturated rings. The molecule has 0 aromatic carbocycles. The second kappa shape index (κ2) is 7.40. The van der Waals surface area contributed by atoms with E-state index in [1.165, 1.54) is 6.42 Å². The van der Waals surface area contributed by atoms with Crippen molar-refractivity contribution in [2.24, 2.45) is 5.92 Å². The van der Waals surface area contributed by atoms with Crippen LogP contribution in [0, 0.1) is 5.92 Å². The smallest absolute Gasteiger partial charge is 0.232 e. The van der Waals surface area contributed by atoms with Gasteiger partial charge < -0.3 is 20.7 Å². The summed E-state index contributed by atoms with van der Waals surface area (Å²) >= 11 is 0. The molecule has 1 unspecified atom stereocenters. The zero-order valence-corrected chi connectivity index (χ0v) is 13.2. The number of nitrogen functional groups attached to an aromatic ring is 1. The molecule has 1 saturated heterocycles. The Kier molecular flexibility index (Phi) is 5.55. The number of hydrogen-bond acceptors (Lipinski definition) is 7. The van der Waals surface area contributed by atoms with E-state index in [1.54, 1.807) is 0 Å². The van der Waals surface area contributed by atoms with E-state index in [9.17, 15) is 0 Å². The number of morpholine rings is 1. The summed E-state index contributed by atoms with van der Waals surface area (Å²) in [4.78, 5) is 15.0. The molecular weight excluding hydrogens is 268 g/mol. The highest BCUT2D eigenvalue weighted by molar-refractivity contribution is 5.42. The lowest BCUT2D eigenvalue weighted by atomic mass is 10.0. The van der Waals surface area contributed by atoms with Crippen LogP contribution in [0.5, 0.6) is 0 Å². The maximum absolute atomic E-state index is 5.80. The molecule has 2 heterocycles. The van der Waals surface area contributed by atoms with Crippen molar-refractivity contribution >= 4 is 17.8 Å². The van der Waals surface area contributed by atoms with Gasteiger partial charge in [0.15, 0.2) is 0 Å². The molecule has 0 amide bonds. The number of anilines is 3. The van der Waals surface area contributed by atoms with Gasteiger partial charge in [0.1, 0.15) is 0 Å². The van der Waals surface area contributed by atoms with Crippen molar-refractivity contribution in [3.05, 3.63) is 0 Å². The quantitative estimate of drug-likeness (QED) is 0.822. The van der Waals surface area contributed by atoms with Gasteiger partial charge in [0, 0.05) is 19.1 Å². The SMILES string of the molecule is CC(C)CCC(C)Nc1nc(N)nc(N2CCOCC2)n1. The van der Waals surface area contributed by atoms with Gasteiger partial charge in [0.2, 0.25) is 17.8 Å². The molecule has 1 aliphatic rings. The van der Waals surface area contributed by atoms with Crippen molar-refractivity contribution in [2.45, 2.75) is 39.7 Å². The first-order valence-corrected chi connectivity index (χ1v) is 7.65. The topological polar surface area (TPSA) is 89.2 Å². The Balaban J connectivity index is 2.00.